The summed E-state index contributed by atoms with van der Waals surface area (Å²) in [6.45, 7) is 6.20. The lowest BCUT2D eigenvalue weighted by molar-refractivity contribution is -0.137. The second-order valence-corrected chi connectivity index (χ2v) is 37.9. The highest BCUT2D eigenvalue weighted by molar-refractivity contribution is 7.98. The molecular weight excluding hydrogens is 1940 g/mol. The van der Waals surface area contributed by atoms with Gasteiger partial charge in [-0.25, -0.2) is 0 Å². The Morgan fingerprint density at radius 1 is 0.438 bits per heavy atom. The van der Waals surface area contributed by atoms with E-state index in [1.807, 2.05) is 31.1 Å². The number of nitrogens with two attached hydrogens (primary N) is 5. The zero-order valence-corrected chi connectivity index (χ0v) is 84.9. The molecule has 17 amide bonds. The Labute approximate surface area is 851 Å². The molecule has 0 aliphatic rings. The molecule has 0 spiro atoms. The lowest BCUT2D eigenvalue weighted by atomic mass is 9.99. The first-order chi connectivity index (χ1) is 69.2. The number of hydrogen-bond donors (Lipinski definition) is 27. The van der Waals surface area contributed by atoms with Gasteiger partial charge in [0, 0.05) is 80.7 Å². The van der Waals surface area contributed by atoms with E-state index in [0.717, 1.165) is 12.6 Å². The molecule has 5 rings (SSSR count). The van der Waals surface area contributed by atoms with Crippen molar-refractivity contribution < 1.29 is 110 Å². The van der Waals surface area contributed by atoms with Crippen molar-refractivity contribution in [3.05, 3.63) is 126 Å². The summed E-state index contributed by atoms with van der Waals surface area (Å²) in [5.41, 5.74) is 31.4. The van der Waals surface area contributed by atoms with Crippen LogP contribution in [0.15, 0.2) is 130 Å². The molecule has 32 N–H and O–H groups in total. The largest absolute Gasteiger partial charge is 0.394 e. The van der Waals surface area contributed by atoms with Gasteiger partial charge in [-0.05, 0) is 194 Å². The number of aliphatic hydroxyl groups is 3. The van der Waals surface area contributed by atoms with E-state index in [0.29, 0.717) is 47.3 Å². The Bertz CT molecular complexity index is 5380. The number of hydrogen-bond acceptors (Lipinski definition) is 30. The fourth-order valence-corrected chi connectivity index (χ4v) is 15.8. The molecule has 0 aromatic heterocycles. The Hall–Kier alpha value is -14.1. The van der Waals surface area contributed by atoms with Crippen molar-refractivity contribution in [2.24, 2.45) is 50.7 Å². The van der Waals surface area contributed by atoms with Gasteiger partial charge in [0.2, 0.25) is 94.5 Å². The van der Waals surface area contributed by atoms with Gasteiger partial charge in [0.1, 0.15) is 83.4 Å². The summed E-state index contributed by atoms with van der Waals surface area (Å²) < 4.78 is 33.8. The van der Waals surface area contributed by atoms with Crippen LogP contribution in [0.25, 0.3) is 10.8 Å². The van der Waals surface area contributed by atoms with Gasteiger partial charge < -0.3 is 139 Å². The standard InChI is InChI=1S/C95H142N26O23S2/c1-53(2)48-71(114-93(140)79(54(3)4)117-82(129)55(5)106-92(139)74(52-123)116-94(141)80(56(6)124)118-89(136)67(25-14-16-43-97)109-83(130)58-29-31-59(32-30-58)119-120-60-33-35-61(36-34-60)121(7)8)90(137)112-69(37-39-76(98)125)87(134)115-73(51-122)84(131)105-50-78(127)107-72(49-57-20-11-10-12-21-57)91(138)111-68(27-19-44-104-95(100)101)86(133)110-66(24-13-15-42-96)85(132)113-70(41-47-145-9)88(135)108-65(81(99)128)38-40-77(126)103-46-45-102-64-26-17-23-63-62(64)22-18-28-75(63)146(142,143)144/h10-12,17-18,20-23,26,28-36,53-56,65-74,79-80,102,122-124H,13-16,19,24-25,27,37-52,96-97H2,1-9H3,(H2,98,125)(H2,99,128)(H,103,126)(H,105,131)(H,106,139)(H,107,127)(H,108,135)(H,109,130)(H,110,133)(H,111,138)(H,112,137)(H,113,132)(H,114,140)(H,115,134)(H,116,141)(H,117,129)(H,118,136)(H4,100,101,104)(H,142,143,144)/t55-,56?,65-,66-,67-,68-,69-,70-,71-,72-,73-,74-,79-,80-/m0/s1. The molecule has 146 heavy (non-hydrogen) atoms. The maximum Gasteiger partial charge on any atom is 0.295 e. The molecular formula is C95H142N26O23S2. The number of rotatable bonds is 66. The van der Waals surface area contributed by atoms with Gasteiger partial charge in [0.05, 0.1) is 37.2 Å². The van der Waals surface area contributed by atoms with Crippen LogP contribution in [0.5, 0.6) is 0 Å². The quantitative estimate of drug-likeness (QED) is 0.00605. The third-order valence-electron chi connectivity index (χ3n) is 22.7. The fourth-order valence-electron chi connectivity index (χ4n) is 14.6. The summed E-state index contributed by atoms with van der Waals surface area (Å²) in [5.74, 6) is -17.8. The minimum Gasteiger partial charge on any atom is -0.394 e. The van der Waals surface area contributed by atoms with Crippen molar-refractivity contribution in [3.63, 3.8) is 0 Å². The van der Waals surface area contributed by atoms with Crippen LogP contribution in [-0.4, -0.2) is 298 Å². The molecule has 51 heteroatoms. The summed E-state index contributed by atoms with van der Waals surface area (Å²) >= 11 is 1.31. The SMILES string of the molecule is CSCC[C@H](NC(=O)[C@H](CCCCN)NC(=O)[C@H](CCCNC(=N)N)NC(=O)[C@H](Cc1ccccc1)NC(=O)CNC(=O)[C@H](CO)NC(=O)[C@H](CCC(N)=O)NC(=O)[C@H](CC(C)C)NC(=O)[C@@H](NC(=O)[C@H](C)NC(=O)[C@H](CO)NC(=O)[C@@H](NC(=O)[C@H](CCCCN)NC(=O)c1ccc(N=Nc2ccc(N(C)C)cc2)cc1)C(C)O)C(C)C)C(=O)N[C@@H](CCC(=O)NCCNc1cccc2c(S(=O)(=O)O)cccc12)C(N)=O. The van der Waals surface area contributed by atoms with Gasteiger partial charge in [0.15, 0.2) is 5.96 Å². The number of carbonyl (C=O) groups is 17. The molecule has 5 aromatic rings. The third kappa shape index (κ3) is 43.0. The van der Waals surface area contributed by atoms with E-state index >= 15 is 0 Å². The molecule has 0 saturated carbocycles. The molecule has 1 unspecified atom stereocenters. The number of azo groups is 1. The highest BCUT2D eigenvalue weighted by Crippen LogP contribution is 2.29. The number of thioether (sulfide) groups is 1. The molecule has 0 bridgehead atoms. The zero-order valence-electron chi connectivity index (χ0n) is 83.3. The van der Waals surface area contributed by atoms with E-state index < -0.39 is 240 Å². The van der Waals surface area contributed by atoms with E-state index in [2.05, 4.69) is 101 Å². The Balaban J connectivity index is 1.23. The molecule has 0 heterocycles. The maximum absolute atomic E-state index is 14.7. The average Bonchev–Trinajstić information content (AvgIpc) is 0.782. The number of anilines is 2. The lowest BCUT2D eigenvalue weighted by Gasteiger charge is -2.29. The number of carbonyl (C=O) groups excluding carboxylic acids is 17. The molecule has 0 radical (unpaired) electrons. The zero-order chi connectivity index (χ0) is 108. The smallest absolute Gasteiger partial charge is 0.295 e. The first-order valence-electron chi connectivity index (χ1n) is 47.7. The number of amides is 17. The van der Waals surface area contributed by atoms with Crippen LogP contribution in [0, 0.1) is 17.2 Å². The van der Waals surface area contributed by atoms with Crippen molar-refractivity contribution in [1.82, 2.24) is 85.1 Å². The molecule has 0 aliphatic heterocycles. The minimum atomic E-state index is -4.54. The number of aliphatic hydroxyl groups excluding tert-OH is 3. The van der Waals surface area contributed by atoms with Crippen molar-refractivity contribution in [3.8, 4) is 0 Å². The van der Waals surface area contributed by atoms with Crippen molar-refractivity contribution in [2.75, 3.05) is 88.8 Å². The monoisotopic (exact) mass is 2080 g/mol. The summed E-state index contributed by atoms with van der Waals surface area (Å²) in [7, 11) is -0.743. The predicted octanol–water partition coefficient (Wildman–Crippen LogP) is -3.04. The first-order valence-corrected chi connectivity index (χ1v) is 50.6. The van der Waals surface area contributed by atoms with Gasteiger partial charge in [-0.2, -0.15) is 30.4 Å². The average molecular weight is 2080 g/mol. The van der Waals surface area contributed by atoms with Crippen LogP contribution in [0.2, 0.25) is 0 Å². The van der Waals surface area contributed by atoms with Gasteiger partial charge in [-0.1, -0.05) is 82.3 Å². The van der Waals surface area contributed by atoms with Crippen LogP contribution in [0.3, 0.4) is 0 Å². The van der Waals surface area contributed by atoms with Crippen molar-refractivity contribution >= 4 is 162 Å². The third-order valence-corrected chi connectivity index (χ3v) is 24.3. The van der Waals surface area contributed by atoms with Crippen molar-refractivity contribution in [1.29, 1.82) is 5.41 Å². The van der Waals surface area contributed by atoms with Crippen LogP contribution >= 0.6 is 11.8 Å². The highest BCUT2D eigenvalue weighted by atomic mass is 32.2. The number of guanidine groups is 1. The molecule has 49 nitrogen and oxygen atoms in total. The van der Waals surface area contributed by atoms with Gasteiger partial charge in [-0.3, -0.25) is 91.5 Å². The second kappa shape index (κ2) is 63.2. The topological polar surface area (TPSA) is 792 Å². The number of nitrogens with one attached hydrogen (secondary N) is 18. The molecule has 5 aromatic carbocycles. The van der Waals surface area contributed by atoms with E-state index in [1.54, 1.807) is 92.9 Å². The molecule has 0 fully saturated rings. The van der Waals surface area contributed by atoms with Gasteiger partial charge in [-0.15, -0.1) is 0 Å². The lowest BCUT2D eigenvalue weighted by Crippen LogP contribution is -2.62. The molecule has 802 valence electrons. The van der Waals surface area contributed by atoms with Crippen LogP contribution in [0.1, 0.15) is 147 Å². The Morgan fingerprint density at radius 2 is 0.911 bits per heavy atom. The van der Waals surface area contributed by atoms with E-state index in [-0.39, 0.29) is 124 Å². The fraction of sp³-hybridized carbons (Fsp3) is 0.516. The summed E-state index contributed by atoms with van der Waals surface area (Å²) in [4.78, 5) is 238. The van der Waals surface area contributed by atoms with Crippen LogP contribution in [0.4, 0.5) is 22.7 Å². The second-order valence-electron chi connectivity index (χ2n) is 35.6. The van der Waals surface area contributed by atoms with E-state index in [9.17, 15) is 110 Å². The summed E-state index contributed by atoms with van der Waals surface area (Å²) in [5, 5.41) is 91.9. The summed E-state index contributed by atoms with van der Waals surface area (Å²) in [6.07, 6.45) is -0.769. The Morgan fingerprint density at radius 3 is 1.44 bits per heavy atom. The maximum atomic E-state index is 14.7. The Kier molecular flexibility index (Phi) is 53.0. The highest BCUT2D eigenvalue weighted by Gasteiger charge is 2.39. The van der Waals surface area contributed by atoms with Gasteiger partial charge >= 0.3 is 0 Å². The normalized spacial score (nSPS) is 14.2. The van der Waals surface area contributed by atoms with E-state index in [1.165, 1.54) is 62.9 Å². The minimum absolute atomic E-state index is 0.00400. The predicted molar refractivity (Wildman–Crippen MR) is 545 cm³/mol. The van der Waals surface area contributed by atoms with E-state index in [4.69, 9.17) is 34.1 Å². The number of unbranched alkanes of at least 4 members (excludes halogenated alkanes) is 2. The van der Waals surface area contributed by atoms with Crippen molar-refractivity contribution in [2.45, 2.75) is 227 Å². The number of benzene rings is 5. The summed E-state index contributed by atoms with van der Waals surface area (Å²) in [6, 6.07) is 10.3. The number of fused-ring (bicyclic) bond motifs is 1. The molecule has 0 saturated heterocycles. The van der Waals surface area contributed by atoms with Crippen LogP contribution in [-0.2, 0) is 93.3 Å². The number of nitrogens with zero attached hydrogens (tertiary/aromatic N) is 3. The first kappa shape index (κ1) is 122. The molecule has 14 atom stereocenters. The number of primary amides is 2. The molecule has 0 aliphatic carbocycles. The van der Waals surface area contributed by atoms with Gasteiger partial charge in [0.25, 0.3) is 16.0 Å². The van der Waals surface area contributed by atoms with Crippen LogP contribution < -0.4 is 124 Å².